The first-order chi connectivity index (χ1) is 8.06. The molecule has 0 bridgehead atoms. The van der Waals surface area contributed by atoms with Crippen LogP contribution in [-0.4, -0.2) is 25.6 Å². The number of nitrogens with one attached hydrogen (secondary N) is 1. The lowest BCUT2D eigenvalue weighted by Gasteiger charge is -2.07. The quantitative estimate of drug-likeness (QED) is 0.674. The first-order valence-electron chi connectivity index (χ1n) is 4.49. The maximum Gasteiger partial charge on any atom is 0.334 e. The Balaban J connectivity index is 2.61. The molecule has 0 aliphatic carbocycles. The van der Waals surface area contributed by atoms with Crippen molar-refractivity contribution in [1.29, 1.82) is 0 Å². The maximum atomic E-state index is 11.6. The molecular formula is C10H9Cl2NO4. The Morgan fingerprint density at radius 3 is 2.41 bits per heavy atom. The molecule has 0 saturated carbocycles. The Kier molecular flexibility index (Phi) is 5.21. The molecule has 0 aliphatic rings. The van der Waals surface area contributed by atoms with Gasteiger partial charge in [0.25, 0.3) is 5.91 Å². The van der Waals surface area contributed by atoms with Crippen molar-refractivity contribution < 1.29 is 19.2 Å². The number of hydrogen-bond donors (Lipinski definition) is 1. The number of rotatable bonds is 4. The molecule has 0 aliphatic heterocycles. The Morgan fingerprint density at radius 1 is 1.29 bits per heavy atom. The minimum Gasteiger partial charge on any atom is -0.467 e. The summed E-state index contributed by atoms with van der Waals surface area (Å²) in [5, 5.41) is 0.383. The standard InChI is InChI=1S/C10H9Cl2NO4/c1-16-8(14)5-17-13-10(15)9-6(11)3-2-4-7(9)12/h2-4H,5H2,1H3,(H,13,15). The van der Waals surface area contributed by atoms with E-state index in [4.69, 9.17) is 23.2 Å². The number of esters is 1. The molecule has 1 aromatic carbocycles. The number of carbonyl (C=O) groups excluding carboxylic acids is 2. The van der Waals surface area contributed by atoms with Crippen LogP contribution in [0, 0.1) is 0 Å². The van der Waals surface area contributed by atoms with Crippen molar-refractivity contribution in [3.8, 4) is 0 Å². The molecule has 1 amide bonds. The number of methoxy groups -OCH3 is 1. The predicted molar refractivity (Wildman–Crippen MR) is 61.9 cm³/mol. The number of amides is 1. The second-order valence-corrected chi connectivity index (χ2v) is 3.71. The van der Waals surface area contributed by atoms with Crippen molar-refractivity contribution in [2.24, 2.45) is 0 Å². The van der Waals surface area contributed by atoms with Crippen molar-refractivity contribution in [1.82, 2.24) is 5.48 Å². The zero-order valence-corrected chi connectivity index (χ0v) is 10.3. The second kappa shape index (κ2) is 6.44. The molecule has 7 heteroatoms. The Labute approximate surface area is 108 Å². The number of hydrogen-bond acceptors (Lipinski definition) is 4. The summed E-state index contributed by atoms with van der Waals surface area (Å²) in [5.41, 5.74) is 2.12. The van der Waals surface area contributed by atoms with E-state index in [1.54, 1.807) is 6.07 Å². The van der Waals surface area contributed by atoms with Gasteiger partial charge in [-0.15, -0.1) is 0 Å². The van der Waals surface area contributed by atoms with Gasteiger partial charge in [0.05, 0.1) is 22.7 Å². The summed E-state index contributed by atoms with van der Waals surface area (Å²) in [7, 11) is 1.21. The second-order valence-electron chi connectivity index (χ2n) is 2.89. The fourth-order valence-corrected chi connectivity index (χ4v) is 1.55. The highest BCUT2D eigenvalue weighted by atomic mass is 35.5. The zero-order valence-electron chi connectivity index (χ0n) is 8.83. The molecule has 1 N–H and O–H groups in total. The average molecular weight is 278 g/mol. The third-order valence-corrected chi connectivity index (χ3v) is 2.40. The molecule has 0 saturated heterocycles. The summed E-state index contributed by atoms with van der Waals surface area (Å²) in [6, 6.07) is 4.64. The highest BCUT2D eigenvalue weighted by Gasteiger charge is 2.14. The third-order valence-electron chi connectivity index (χ3n) is 1.77. The molecule has 5 nitrogen and oxygen atoms in total. The van der Waals surface area contributed by atoms with Crippen LogP contribution in [0.1, 0.15) is 10.4 Å². The van der Waals surface area contributed by atoms with Gasteiger partial charge in [-0.25, -0.2) is 10.3 Å². The minimum absolute atomic E-state index is 0.0840. The van der Waals surface area contributed by atoms with Crippen LogP contribution < -0.4 is 5.48 Å². The lowest BCUT2D eigenvalue weighted by molar-refractivity contribution is -0.147. The van der Waals surface area contributed by atoms with E-state index in [0.717, 1.165) is 0 Å². The lowest BCUT2D eigenvalue weighted by Crippen LogP contribution is -2.27. The molecule has 1 aromatic rings. The summed E-state index contributed by atoms with van der Waals surface area (Å²) >= 11 is 11.6. The van der Waals surface area contributed by atoms with E-state index in [1.165, 1.54) is 19.2 Å². The summed E-state index contributed by atoms with van der Waals surface area (Å²) in [5.74, 6) is -1.25. The topological polar surface area (TPSA) is 64.6 Å². The van der Waals surface area contributed by atoms with Crippen LogP contribution in [0.15, 0.2) is 18.2 Å². The summed E-state index contributed by atoms with van der Waals surface area (Å²) < 4.78 is 4.32. The monoisotopic (exact) mass is 277 g/mol. The van der Waals surface area contributed by atoms with Crippen LogP contribution >= 0.6 is 23.2 Å². The molecule has 0 atom stereocenters. The predicted octanol–water partition coefficient (Wildman–Crippen LogP) is 1.83. The van der Waals surface area contributed by atoms with Crippen LogP contribution in [-0.2, 0) is 14.4 Å². The van der Waals surface area contributed by atoms with Gasteiger partial charge in [-0.3, -0.25) is 9.63 Å². The number of halogens is 2. The highest BCUT2D eigenvalue weighted by molar-refractivity contribution is 6.39. The third kappa shape index (κ3) is 3.89. The number of benzene rings is 1. The fraction of sp³-hybridized carbons (Fsp3) is 0.200. The highest BCUT2D eigenvalue weighted by Crippen LogP contribution is 2.23. The van der Waals surface area contributed by atoms with Crippen molar-refractivity contribution in [3.63, 3.8) is 0 Å². The van der Waals surface area contributed by atoms with Crippen molar-refractivity contribution >= 4 is 35.1 Å². The zero-order chi connectivity index (χ0) is 12.8. The van der Waals surface area contributed by atoms with Gasteiger partial charge in [0, 0.05) is 0 Å². The Bertz CT molecular complexity index is 416. The summed E-state index contributed by atoms with van der Waals surface area (Å²) in [6.45, 7) is -0.399. The molecule has 1 rings (SSSR count). The molecule has 0 radical (unpaired) electrons. The van der Waals surface area contributed by atoms with Crippen molar-refractivity contribution in [2.75, 3.05) is 13.7 Å². The van der Waals surface area contributed by atoms with Gasteiger partial charge in [0.15, 0.2) is 6.61 Å². The normalized spacial score (nSPS) is 9.82. The first-order valence-corrected chi connectivity index (χ1v) is 5.24. The molecule has 0 aromatic heterocycles. The van der Waals surface area contributed by atoms with Gasteiger partial charge in [-0.05, 0) is 12.1 Å². The van der Waals surface area contributed by atoms with E-state index >= 15 is 0 Å². The smallest absolute Gasteiger partial charge is 0.334 e. The van der Waals surface area contributed by atoms with E-state index in [9.17, 15) is 9.59 Å². The van der Waals surface area contributed by atoms with Gasteiger partial charge >= 0.3 is 5.97 Å². The molecule has 17 heavy (non-hydrogen) atoms. The average Bonchev–Trinajstić information content (AvgIpc) is 2.28. The lowest BCUT2D eigenvalue weighted by atomic mass is 10.2. The van der Waals surface area contributed by atoms with E-state index < -0.39 is 18.5 Å². The summed E-state index contributed by atoms with van der Waals surface area (Å²) in [6.07, 6.45) is 0. The molecule has 0 unspecified atom stereocenters. The fourth-order valence-electron chi connectivity index (χ4n) is 0.985. The number of hydroxylamine groups is 1. The molecule has 0 heterocycles. The maximum absolute atomic E-state index is 11.6. The first kappa shape index (κ1) is 13.8. The Morgan fingerprint density at radius 2 is 1.88 bits per heavy atom. The van der Waals surface area contributed by atoms with Crippen LogP contribution in [0.5, 0.6) is 0 Å². The molecular weight excluding hydrogens is 269 g/mol. The van der Waals surface area contributed by atoms with Gasteiger partial charge in [0.1, 0.15) is 0 Å². The molecule has 0 fully saturated rings. The Hall–Kier alpha value is -1.30. The SMILES string of the molecule is COC(=O)CONC(=O)c1c(Cl)cccc1Cl. The van der Waals surface area contributed by atoms with E-state index in [-0.39, 0.29) is 15.6 Å². The van der Waals surface area contributed by atoms with Gasteiger partial charge in [0.2, 0.25) is 0 Å². The van der Waals surface area contributed by atoms with E-state index in [2.05, 4.69) is 9.57 Å². The van der Waals surface area contributed by atoms with Crippen LogP contribution in [0.2, 0.25) is 10.0 Å². The van der Waals surface area contributed by atoms with E-state index in [1.807, 2.05) is 5.48 Å². The van der Waals surface area contributed by atoms with Crippen molar-refractivity contribution in [3.05, 3.63) is 33.8 Å². The van der Waals surface area contributed by atoms with Crippen LogP contribution in [0.4, 0.5) is 0 Å². The number of ether oxygens (including phenoxy) is 1. The van der Waals surface area contributed by atoms with Gasteiger partial charge in [-0.2, -0.15) is 0 Å². The largest absolute Gasteiger partial charge is 0.467 e. The van der Waals surface area contributed by atoms with Gasteiger partial charge < -0.3 is 4.74 Å². The van der Waals surface area contributed by atoms with Gasteiger partial charge in [-0.1, -0.05) is 29.3 Å². The summed E-state index contributed by atoms with van der Waals surface area (Å²) in [4.78, 5) is 26.9. The number of carbonyl (C=O) groups is 2. The molecule has 92 valence electrons. The van der Waals surface area contributed by atoms with E-state index in [0.29, 0.717) is 0 Å². The van der Waals surface area contributed by atoms with Crippen LogP contribution in [0.3, 0.4) is 0 Å². The van der Waals surface area contributed by atoms with Crippen molar-refractivity contribution in [2.45, 2.75) is 0 Å². The molecule has 0 spiro atoms. The van der Waals surface area contributed by atoms with Crippen LogP contribution in [0.25, 0.3) is 0 Å². The minimum atomic E-state index is -0.635.